The van der Waals surface area contributed by atoms with Gasteiger partial charge in [-0.3, -0.25) is 9.45 Å². The van der Waals surface area contributed by atoms with Gasteiger partial charge in [-0.05, 0) is 51.8 Å². The Morgan fingerprint density at radius 3 is 2.55 bits per heavy atom. The highest BCUT2D eigenvalue weighted by atomic mass is 32.2. The lowest BCUT2D eigenvalue weighted by Gasteiger charge is -2.30. The minimum Gasteiger partial charge on any atom is -0.379 e. The molecule has 0 spiro atoms. The molecule has 2 aromatic rings. The second-order valence-corrected chi connectivity index (χ2v) is 6.57. The van der Waals surface area contributed by atoms with E-state index in [1.165, 1.54) is 0 Å². The molecule has 6 heteroatoms. The van der Waals surface area contributed by atoms with E-state index in [9.17, 15) is 4.21 Å². The fourth-order valence-electron chi connectivity index (χ4n) is 2.93. The van der Waals surface area contributed by atoms with E-state index >= 15 is 0 Å². The lowest BCUT2D eigenvalue weighted by molar-refractivity contribution is 0.177. The Balaban J connectivity index is 2.26. The summed E-state index contributed by atoms with van der Waals surface area (Å²) in [6, 6.07) is 6.42. The van der Waals surface area contributed by atoms with Crippen molar-refractivity contribution in [1.82, 2.24) is 9.88 Å². The second-order valence-electron chi connectivity index (χ2n) is 5.97. The highest BCUT2D eigenvalue weighted by Crippen LogP contribution is 2.29. The van der Waals surface area contributed by atoms with E-state index in [0.29, 0.717) is 17.8 Å². The van der Waals surface area contributed by atoms with Crippen molar-refractivity contribution in [2.75, 3.05) is 6.54 Å². The maximum atomic E-state index is 11.0. The van der Waals surface area contributed by atoms with Gasteiger partial charge in [0.15, 0.2) is 5.75 Å². The van der Waals surface area contributed by atoms with Crippen molar-refractivity contribution in [3.8, 4) is 5.75 Å². The summed E-state index contributed by atoms with van der Waals surface area (Å²) in [7, 11) is 0. The van der Waals surface area contributed by atoms with Crippen LogP contribution < -0.4 is 4.18 Å². The Labute approximate surface area is 134 Å². The molecule has 0 saturated carbocycles. The van der Waals surface area contributed by atoms with Crippen molar-refractivity contribution in [3.05, 3.63) is 30.0 Å². The first kappa shape index (κ1) is 17.0. The van der Waals surface area contributed by atoms with Crippen molar-refractivity contribution < 1.29 is 12.9 Å². The average molecular weight is 324 g/mol. The third kappa shape index (κ3) is 3.88. The van der Waals surface area contributed by atoms with Crippen LogP contribution in [-0.4, -0.2) is 37.3 Å². The Bertz CT molecular complexity index is 644. The zero-order chi connectivity index (χ0) is 16.3. The molecule has 22 heavy (non-hydrogen) atoms. The summed E-state index contributed by atoms with van der Waals surface area (Å²) in [6.45, 7) is 9.70. The molecular formula is C16H24N2O3S. The quantitative estimate of drug-likeness (QED) is 0.767. The van der Waals surface area contributed by atoms with E-state index in [1.54, 1.807) is 12.1 Å². The summed E-state index contributed by atoms with van der Waals surface area (Å²) in [5, 5.41) is 0.886. The lowest BCUT2D eigenvalue weighted by Crippen LogP contribution is -2.38. The fourth-order valence-corrected chi connectivity index (χ4v) is 3.22. The fraction of sp³-hybridized carbons (Fsp3) is 0.500. The van der Waals surface area contributed by atoms with E-state index in [-0.39, 0.29) is 0 Å². The number of aromatic nitrogens is 1. The molecule has 0 amide bonds. The van der Waals surface area contributed by atoms with Crippen LogP contribution in [0.25, 0.3) is 10.9 Å². The molecular weight excluding hydrogens is 300 g/mol. The normalized spacial score (nSPS) is 13.5. The van der Waals surface area contributed by atoms with Crippen LogP contribution in [0.3, 0.4) is 0 Å². The molecule has 0 aliphatic heterocycles. The predicted octanol–water partition coefficient (Wildman–Crippen LogP) is 3.34. The first-order valence-corrected chi connectivity index (χ1v) is 8.57. The zero-order valence-electron chi connectivity index (χ0n) is 13.5. The Kier molecular flexibility index (Phi) is 5.61. The van der Waals surface area contributed by atoms with Crippen LogP contribution in [0.15, 0.2) is 24.4 Å². The van der Waals surface area contributed by atoms with Crippen LogP contribution >= 0.6 is 0 Å². The Morgan fingerprint density at radius 2 is 1.95 bits per heavy atom. The molecule has 2 N–H and O–H groups in total. The summed E-state index contributed by atoms with van der Waals surface area (Å²) in [4.78, 5) is 5.63. The van der Waals surface area contributed by atoms with Gasteiger partial charge in [0, 0.05) is 35.7 Å². The van der Waals surface area contributed by atoms with Gasteiger partial charge in [-0.1, -0.05) is 6.07 Å². The zero-order valence-corrected chi connectivity index (χ0v) is 14.3. The summed E-state index contributed by atoms with van der Waals surface area (Å²) in [6.07, 6.45) is 2.81. The maximum Gasteiger partial charge on any atom is 0.357 e. The number of hydrogen-bond acceptors (Lipinski definition) is 3. The van der Waals surface area contributed by atoms with Crippen LogP contribution in [0, 0.1) is 0 Å². The number of H-pyrrole nitrogens is 1. The van der Waals surface area contributed by atoms with Crippen molar-refractivity contribution in [3.63, 3.8) is 0 Å². The van der Waals surface area contributed by atoms with Gasteiger partial charge < -0.3 is 9.17 Å². The second kappa shape index (κ2) is 7.26. The standard InChI is InChI=1S/C16H24N2O3S/c1-11(2)18(12(3)4)9-8-13-10-17-14-6-5-7-15(16(13)14)21-22(19)20/h5-7,10-12,17H,8-9H2,1-4H3,(H,19,20). The van der Waals surface area contributed by atoms with Crippen molar-refractivity contribution in [2.45, 2.75) is 46.2 Å². The van der Waals surface area contributed by atoms with E-state index in [1.807, 2.05) is 12.3 Å². The molecule has 0 bridgehead atoms. The Morgan fingerprint density at radius 1 is 1.27 bits per heavy atom. The van der Waals surface area contributed by atoms with Gasteiger partial charge in [-0.2, -0.15) is 4.21 Å². The van der Waals surface area contributed by atoms with Crippen LogP contribution in [0.2, 0.25) is 0 Å². The van der Waals surface area contributed by atoms with Gasteiger partial charge in [0.1, 0.15) is 0 Å². The van der Waals surface area contributed by atoms with Crippen molar-refractivity contribution >= 4 is 22.3 Å². The Hall–Kier alpha value is -1.37. The third-order valence-electron chi connectivity index (χ3n) is 3.88. The van der Waals surface area contributed by atoms with Crippen LogP contribution in [0.1, 0.15) is 33.3 Å². The molecule has 1 unspecified atom stereocenters. The summed E-state index contributed by atoms with van der Waals surface area (Å²) < 4.78 is 25.0. The lowest BCUT2D eigenvalue weighted by atomic mass is 10.1. The van der Waals surface area contributed by atoms with E-state index in [4.69, 9.17) is 8.74 Å². The highest BCUT2D eigenvalue weighted by Gasteiger charge is 2.16. The number of hydrogen-bond donors (Lipinski definition) is 2. The van der Waals surface area contributed by atoms with Gasteiger partial charge >= 0.3 is 11.4 Å². The monoisotopic (exact) mass is 324 g/mol. The predicted molar refractivity (Wildman–Crippen MR) is 90.4 cm³/mol. The molecule has 0 radical (unpaired) electrons. The van der Waals surface area contributed by atoms with Gasteiger partial charge in [0.05, 0.1) is 0 Å². The largest absolute Gasteiger partial charge is 0.379 e. The average Bonchev–Trinajstić information content (AvgIpc) is 2.82. The van der Waals surface area contributed by atoms with Crippen molar-refractivity contribution in [1.29, 1.82) is 0 Å². The van der Waals surface area contributed by atoms with E-state index < -0.39 is 11.4 Å². The molecule has 1 aromatic heterocycles. The molecule has 1 aromatic carbocycles. The SMILES string of the molecule is CC(C)N(CCc1c[nH]c2cccc(OS(=O)O)c12)C(C)C. The van der Waals surface area contributed by atoms with Gasteiger partial charge in [0.25, 0.3) is 0 Å². The molecule has 0 aliphatic carbocycles. The number of fused-ring (bicyclic) bond motifs is 1. The van der Waals surface area contributed by atoms with Crippen LogP contribution in [0.5, 0.6) is 5.75 Å². The maximum absolute atomic E-state index is 11.0. The summed E-state index contributed by atoms with van der Waals surface area (Å²) in [5.41, 5.74) is 2.01. The molecule has 5 nitrogen and oxygen atoms in total. The molecule has 0 saturated heterocycles. The molecule has 0 fully saturated rings. The van der Waals surface area contributed by atoms with Gasteiger partial charge in [-0.15, -0.1) is 0 Å². The minimum absolute atomic E-state index is 0.440. The van der Waals surface area contributed by atoms with Gasteiger partial charge in [0.2, 0.25) is 0 Å². The molecule has 1 heterocycles. The highest BCUT2D eigenvalue weighted by molar-refractivity contribution is 7.74. The summed E-state index contributed by atoms with van der Waals surface area (Å²) in [5.74, 6) is 0.440. The topological polar surface area (TPSA) is 65.6 Å². The first-order chi connectivity index (χ1) is 10.4. The minimum atomic E-state index is -2.32. The molecule has 1 atom stereocenters. The molecule has 122 valence electrons. The number of rotatable bonds is 7. The third-order valence-corrected chi connectivity index (χ3v) is 4.20. The molecule has 0 aliphatic rings. The van der Waals surface area contributed by atoms with E-state index in [2.05, 4.69) is 37.6 Å². The van der Waals surface area contributed by atoms with Crippen molar-refractivity contribution in [2.24, 2.45) is 0 Å². The molecule has 2 rings (SSSR count). The first-order valence-electron chi connectivity index (χ1n) is 7.54. The number of benzene rings is 1. The summed E-state index contributed by atoms with van der Waals surface area (Å²) >= 11 is -2.32. The van der Waals surface area contributed by atoms with Crippen LogP contribution in [0.4, 0.5) is 0 Å². The van der Waals surface area contributed by atoms with Gasteiger partial charge in [-0.25, -0.2) is 0 Å². The number of aromatic amines is 1. The number of nitrogens with one attached hydrogen (secondary N) is 1. The van der Waals surface area contributed by atoms with Crippen LogP contribution in [-0.2, 0) is 17.8 Å². The van der Waals surface area contributed by atoms with E-state index in [0.717, 1.165) is 29.4 Å². The number of nitrogens with zero attached hydrogens (tertiary/aromatic N) is 1. The smallest absolute Gasteiger partial charge is 0.357 e.